The summed E-state index contributed by atoms with van der Waals surface area (Å²) in [7, 11) is 0. The van der Waals surface area contributed by atoms with E-state index in [1.54, 1.807) is 0 Å². The lowest BCUT2D eigenvalue weighted by Gasteiger charge is -2.60. The largest absolute Gasteiger partial charge is 0.327 e. The van der Waals surface area contributed by atoms with Gasteiger partial charge in [0.1, 0.15) is 0 Å². The summed E-state index contributed by atoms with van der Waals surface area (Å²) >= 11 is 0. The van der Waals surface area contributed by atoms with Gasteiger partial charge in [-0.3, -0.25) is 0 Å². The SMILES string of the molecule is CCCC12CC3CC(CC(C3)C1N)C2. The third-order valence-corrected chi connectivity index (χ3v) is 5.29. The van der Waals surface area contributed by atoms with Crippen molar-refractivity contribution in [2.45, 2.75) is 57.9 Å². The molecule has 2 N–H and O–H groups in total. The summed E-state index contributed by atoms with van der Waals surface area (Å²) in [6.45, 7) is 2.32. The Morgan fingerprint density at radius 1 is 1.14 bits per heavy atom. The summed E-state index contributed by atoms with van der Waals surface area (Å²) in [5.41, 5.74) is 7.07. The van der Waals surface area contributed by atoms with Gasteiger partial charge in [-0.25, -0.2) is 0 Å². The lowest BCUT2D eigenvalue weighted by Crippen LogP contribution is -2.59. The van der Waals surface area contributed by atoms with Crippen LogP contribution in [0.25, 0.3) is 0 Å². The number of nitrogens with two attached hydrogens (primary N) is 1. The highest BCUT2D eigenvalue weighted by Gasteiger charge is 2.54. The summed E-state index contributed by atoms with van der Waals surface area (Å²) in [4.78, 5) is 0. The van der Waals surface area contributed by atoms with Crippen molar-refractivity contribution in [1.82, 2.24) is 0 Å². The molecule has 80 valence electrons. The van der Waals surface area contributed by atoms with Crippen molar-refractivity contribution in [1.29, 1.82) is 0 Å². The topological polar surface area (TPSA) is 26.0 Å². The zero-order valence-electron chi connectivity index (χ0n) is 9.34. The average molecular weight is 193 g/mol. The van der Waals surface area contributed by atoms with Crippen LogP contribution in [-0.2, 0) is 0 Å². The minimum absolute atomic E-state index is 0.551. The highest BCUT2D eigenvalue weighted by molar-refractivity contribution is 5.07. The van der Waals surface area contributed by atoms with Crippen LogP contribution in [-0.4, -0.2) is 6.04 Å². The monoisotopic (exact) mass is 193 g/mol. The molecule has 0 aromatic heterocycles. The second-order valence-corrected chi connectivity index (χ2v) is 6.25. The second-order valence-electron chi connectivity index (χ2n) is 6.25. The van der Waals surface area contributed by atoms with Crippen molar-refractivity contribution < 1.29 is 0 Å². The minimum Gasteiger partial charge on any atom is -0.327 e. The quantitative estimate of drug-likeness (QED) is 0.717. The van der Waals surface area contributed by atoms with Crippen LogP contribution >= 0.6 is 0 Å². The zero-order chi connectivity index (χ0) is 9.76. The molecule has 0 radical (unpaired) electrons. The van der Waals surface area contributed by atoms with E-state index in [2.05, 4.69) is 6.92 Å². The first-order valence-corrected chi connectivity index (χ1v) is 6.49. The Morgan fingerprint density at radius 3 is 2.36 bits per heavy atom. The van der Waals surface area contributed by atoms with Crippen LogP contribution in [0.5, 0.6) is 0 Å². The molecule has 0 aromatic rings. The van der Waals surface area contributed by atoms with Crippen LogP contribution in [0.15, 0.2) is 0 Å². The molecule has 0 heterocycles. The Hall–Kier alpha value is -0.0400. The third kappa shape index (κ3) is 1.11. The molecule has 0 amide bonds. The Balaban J connectivity index is 1.89. The molecule has 4 bridgehead atoms. The van der Waals surface area contributed by atoms with Gasteiger partial charge in [0.15, 0.2) is 0 Å². The Labute approximate surface area is 87.4 Å². The molecular weight excluding hydrogens is 170 g/mol. The zero-order valence-corrected chi connectivity index (χ0v) is 9.34. The Morgan fingerprint density at radius 2 is 1.79 bits per heavy atom. The first-order chi connectivity index (χ1) is 6.73. The second kappa shape index (κ2) is 2.98. The standard InChI is InChI=1S/C13H23N/c1-2-3-13-7-9-4-10(8-13)6-11(5-9)12(13)14/h9-12H,2-8,14H2,1H3. The third-order valence-electron chi connectivity index (χ3n) is 5.29. The minimum atomic E-state index is 0.551. The van der Waals surface area contributed by atoms with Crippen LogP contribution in [0.3, 0.4) is 0 Å². The summed E-state index contributed by atoms with van der Waals surface area (Å²) < 4.78 is 0. The van der Waals surface area contributed by atoms with E-state index in [-0.39, 0.29) is 0 Å². The predicted octanol–water partition coefficient (Wildman–Crippen LogP) is 2.94. The maximum atomic E-state index is 6.49. The van der Waals surface area contributed by atoms with Gasteiger partial charge in [0.05, 0.1) is 0 Å². The molecule has 4 saturated carbocycles. The van der Waals surface area contributed by atoms with Gasteiger partial charge in [-0.05, 0) is 61.7 Å². The summed E-state index contributed by atoms with van der Waals surface area (Å²) in [5, 5.41) is 0. The van der Waals surface area contributed by atoms with Crippen LogP contribution < -0.4 is 5.73 Å². The van der Waals surface area contributed by atoms with Gasteiger partial charge < -0.3 is 5.73 Å². The van der Waals surface area contributed by atoms with Crippen molar-refractivity contribution in [3.05, 3.63) is 0 Å². The van der Waals surface area contributed by atoms with Gasteiger partial charge >= 0.3 is 0 Å². The summed E-state index contributed by atoms with van der Waals surface area (Å²) in [5.74, 6) is 3.01. The molecule has 0 aliphatic heterocycles. The molecule has 1 heteroatoms. The van der Waals surface area contributed by atoms with E-state index in [1.165, 1.54) is 44.9 Å². The molecule has 4 fully saturated rings. The highest BCUT2D eigenvalue weighted by Crippen LogP contribution is 2.60. The van der Waals surface area contributed by atoms with Crippen molar-refractivity contribution in [3.8, 4) is 0 Å². The molecule has 1 nitrogen and oxygen atoms in total. The molecule has 3 unspecified atom stereocenters. The van der Waals surface area contributed by atoms with Crippen molar-refractivity contribution in [2.24, 2.45) is 28.9 Å². The molecule has 3 atom stereocenters. The number of hydrogen-bond acceptors (Lipinski definition) is 1. The van der Waals surface area contributed by atoms with Gasteiger partial charge in [-0.2, -0.15) is 0 Å². The smallest absolute Gasteiger partial charge is 0.0124 e. The molecule has 14 heavy (non-hydrogen) atoms. The van der Waals surface area contributed by atoms with Crippen LogP contribution in [0.1, 0.15) is 51.9 Å². The van der Waals surface area contributed by atoms with E-state index < -0.39 is 0 Å². The van der Waals surface area contributed by atoms with E-state index in [0.29, 0.717) is 11.5 Å². The Bertz CT molecular complexity index is 221. The van der Waals surface area contributed by atoms with E-state index >= 15 is 0 Å². The summed E-state index contributed by atoms with van der Waals surface area (Å²) in [6.07, 6.45) is 10.1. The Kier molecular flexibility index (Phi) is 1.96. The van der Waals surface area contributed by atoms with Crippen LogP contribution in [0.2, 0.25) is 0 Å². The van der Waals surface area contributed by atoms with Gasteiger partial charge in [-0.15, -0.1) is 0 Å². The molecule has 0 aromatic carbocycles. The molecular formula is C13H23N. The van der Waals surface area contributed by atoms with Crippen molar-refractivity contribution in [2.75, 3.05) is 0 Å². The van der Waals surface area contributed by atoms with E-state index in [9.17, 15) is 0 Å². The molecule has 4 aliphatic carbocycles. The molecule has 0 saturated heterocycles. The van der Waals surface area contributed by atoms with E-state index in [0.717, 1.165) is 17.8 Å². The average Bonchev–Trinajstić information content (AvgIpc) is 2.13. The molecule has 4 aliphatic rings. The van der Waals surface area contributed by atoms with Gasteiger partial charge in [-0.1, -0.05) is 13.3 Å². The van der Waals surface area contributed by atoms with E-state index in [1.807, 2.05) is 0 Å². The normalized spacial score (nSPS) is 55.3. The van der Waals surface area contributed by atoms with Crippen LogP contribution in [0, 0.1) is 23.2 Å². The van der Waals surface area contributed by atoms with Crippen molar-refractivity contribution >= 4 is 0 Å². The first-order valence-electron chi connectivity index (χ1n) is 6.49. The lowest BCUT2D eigenvalue weighted by atomic mass is 9.46. The fourth-order valence-corrected chi connectivity index (χ4v) is 5.12. The highest BCUT2D eigenvalue weighted by atomic mass is 14.8. The molecule has 0 spiro atoms. The fourth-order valence-electron chi connectivity index (χ4n) is 5.12. The predicted molar refractivity (Wildman–Crippen MR) is 58.9 cm³/mol. The van der Waals surface area contributed by atoms with Crippen molar-refractivity contribution in [3.63, 3.8) is 0 Å². The number of rotatable bonds is 2. The first kappa shape index (κ1) is 9.21. The fraction of sp³-hybridized carbons (Fsp3) is 1.00. The van der Waals surface area contributed by atoms with Gasteiger partial charge in [0, 0.05) is 6.04 Å². The maximum absolute atomic E-state index is 6.49. The maximum Gasteiger partial charge on any atom is 0.0124 e. The number of hydrogen-bond donors (Lipinski definition) is 1. The van der Waals surface area contributed by atoms with Crippen LogP contribution in [0.4, 0.5) is 0 Å². The van der Waals surface area contributed by atoms with E-state index in [4.69, 9.17) is 5.73 Å². The molecule has 4 rings (SSSR count). The summed E-state index contributed by atoms with van der Waals surface area (Å²) in [6, 6.07) is 0.551. The van der Waals surface area contributed by atoms with Gasteiger partial charge in [0.2, 0.25) is 0 Å². The lowest BCUT2D eigenvalue weighted by molar-refractivity contribution is -0.0765. The van der Waals surface area contributed by atoms with Gasteiger partial charge in [0.25, 0.3) is 0 Å².